The Bertz CT molecular complexity index is 1350. The lowest BCUT2D eigenvalue weighted by atomic mass is 10.1. The number of ether oxygens (including phenoxy) is 1. The van der Waals surface area contributed by atoms with Crippen LogP contribution in [0.3, 0.4) is 0 Å². The minimum absolute atomic E-state index is 0.00909. The molecule has 214 valence electrons. The van der Waals surface area contributed by atoms with Gasteiger partial charge in [0, 0.05) is 49.1 Å². The molecule has 0 saturated carbocycles. The molecule has 0 aliphatic carbocycles. The molecule has 1 N–H and O–H groups in total. The number of para-hydroxylation sites is 1. The van der Waals surface area contributed by atoms with Crippen LogP contribution in [0.25, 0.3) is 0 Å². The molecule has 3 aromatic rings. The van der Waals surface area contributed by atoms with E-state index in [4.69, 9.17) is 28.6 Å². The smallest absolute Gasteiger partial charge is 0.256 e. The van der Waals surface area contributed by atoms with Crippen LogP contribution in [0.5, 0.6) is 5.75 Å². The van der Waals surface area contributed by atoms with Crippen LogP contribution in [-0.2, 0) is 9.59 Å². The van der Waals surface area contributed by atoms with E-state index >= 15 is 0 Å². The Balaban J connectivity index is 1.22. The van der Waals surface area contributed by atoms with Crippen LogP contribution in [0.1, 0.15) is 12.8 Å². The van der Waals surface area contributed by atoms with Gasteiger partial charge in [0.2, 0.25) is 5.91 Å². The maximum Gasteiger partial charge on any atom is 0.256 e. The summed E-state index contributed by atoms with van der Waals surface area (Å²) in [4.78, 5) is 35.0. The van der Waals surface area contributed by atoms with Crippen LogP contribution < -0.4 is 19.9 Å². The van der Waals surface area contributed by atoms with Crippen molar-refractivity contribution in [3.05, 3.63) is 83.9 Å². The van der Waals surface area contributed by atoms with Gasteiger partial charge in [-0.2, -0.15) is 0 Å². The Morgan fingerprint density at radius 1 is 0.927 bits per heavy atom. The first kappa shape index (κ1) is 28.9. The van der Waals surface area contributed by atoms with Crippen molar-refractivity contribution >= 4 is 57.8 Å². The molecule has 0 spiro atoms. The molecular weight excluding hydrogens is 558 g/mol. The lowest BCUT2D eigenvalue weighted by Crippen LogP contribution is -2.47. The Labute approximate surface area is 251 Å². The Morgan fingerprint density at radius 2 is 1.61 bits per heavy atom. The van der Waals surface area contributed by atoms with Gasteiger partial charge in [-0.1, -0.05) is 29.8 Å². The van der Waals surface area contributed by atoms with Gasteiger partial charge in [-0.25, -0.2) is 0 Å². The van der Waals surface area contributed by atoms with Crippen molar-refractivity contribution in [1.29, 1.82) is 0 Å². The number of piperazine rings is 1. The van der Waals surface area contributed by atoms with E-state index in [1.165, 1.54) is 10.6 Å². The summed E-state index contributed by atoms with van der Waals surface area (Å²) in [6, 6.07) is 23.9. The number of amides is 2. The zero-order valence-corrected chi connectivity index (χ0v) is 24.6. The van der Waals surface area contributed by atoms with Crippen molar-refractivity contribution in [3.8, 4) is 5.75 Å². The van der Waals surface area contributed by atoms with Crippen molar-refractivity contribution in [1.82, 2.24) is 9.80 Å². The standard InChI is InChI=1S/C31H34ClN5O3S/c1-40-27-14-10-24(11-15-27)33-29(38)22-28-30(39)37(26-12-8-23(32)9-13-26)31(41)36(28)17-5-16-34-18-20-35(21-19-34)25-6-3-2-4-7-25/h2-4,6-15,28H,5,16-22H2,1H3,(H,33,38)/t28-/m0/s1. The first-order valence-electron chi connectivity index (χ1n) is 13.8. The highest BCUT2D eigenvalue weighted by atomic mass is 35.5. The van der Waals surface area contributed by atoms with Crippen molar-refractivity contribution in [2.75, 3.05) is 61.5 Å². The molecule has 41 heavy (non-hydrogen) atoms. The number of carbonyl (C=O) groups excluding carboxylic acids is 2. The van der Waals surface area contributed by atoms with Gasteiger partial charge in [-0.3, -0.25) is 19.4 Å². The molecule has 2 aliphatic heterocycles. The zero-order valence-electron chi connectivity index (χ0n) is 23.0. The fraction of sp³-hybridized carbons (Fsp3) is 0.323. The van der Waals surface area contributed by atoms with E-state index in [9.17, 15) is 9.59 Å². The van der Waals surface area contributed by atoms with E-state index in [-0.39, 0.29) is 18.2 Å². The number of hydrogen-bond acceptors (Lipinski definition) is 6. The van der Waals surface area contributed by atoms with Gasteiger partial charge in [0.15, 0.2) is 5.11 Å². The molecule has 0 unspecified atom stereocenters. The third-order valence-corrected chi connectivity index (χ3v) is 8.19. The van der Waals surface area contributed by atoms with Crippen LogP contribution in [-0.4, -0.2) is 79.1 Å². The molecule has 8 nitrogen and oxygen atoms in total. The molecule has 1 atom stereocenters. The number of benzene rings is 3. The molecule has 2 aliphatic rings. The van der Waals surface area contributed by atoms with Gasteiger partial charge in [-0.05, 0) is 85.8 Å². The molecule has 2 saturated heterocycles. The molecule has 0 aromatic heterocycles. The highest BCUT2D eigenvalue weighted by molar-refractivity contribution is 7.80. The molecule has 3 aromatic carbocycles. The first-order chi connectivity index (χ1) is 19.9. The van der Waals surface area contributed by atoms with Crippen LogP contribution in [0.4, 0.5) is 17.1 Å². The summed E-state index contributed by atoms with van der Waals surface area (Å²) in [6.07, 6.45) is 0.814. The second kappa shape index (κ2) is 13.3. The average molecular weight is 592 g/mol. The Hall–Kier alpha value is -3.66. The maximum absolute atomic E-state index is 13.7. The number of methoxy groups -OCH3 is 1. The molecule has 0 bridgehead atoms. The second-order valence-corrected chi connectivity index (χ2v) is 10.9. The van der Waals surface area contributed by atoms with Crippen LogP contribution in [0.2, 0.25) is 5.02 Å². The number of nitrogens with zero attached hydrogens (tertiary/aromatic N) is 4. The number of thiocarbonyl (C=S) groups is 1. The van der Waals surface area contributed by atoms with E-state index in [0.717, 1.165) is 39.1 Å². The first-order valence-corrected chi connectivity index (χ1v) is 14.6. The van der Waals surface area contributed by atoms with E-state index in [1.807, 2.05) is 11.0 Å². The van der Waals surface area contributed by atoms with Gasteiger partial charge in [0.1, 0.15) is 11.8 Å². The highest BCUT2D eigenvalue weighted by Crippen LogP contribution is 2.29. The van der Waals surface area contributed by atoms with Gasteiger partial charge in [0.25, 0.3) is 5.91 Å². The van der Waals surface area contributed by atoms with Gasteiger partial charge >= 0.3 is 0 Å². The number of hydrogen-bond donors (Lipinski definition) is 1. The van der Waals surface area contributed by atoms with E-state index in [1.54, 1.807) is 55.6 Å². The SMILES string of the molecule is COc1ccc(NC(=O)C[C@H]2C(=O)N(c3ccc(Cl)cc3)C(=S)N2CCCN2CCN(c3ccccc3)CC2)cc1. The summed E-state index contributed by atoms with van der Waals surface area (Å²) in [5.74, 6) is 0.237. The van der Waals surface area contributed by atoms with Crippen LogP contribution in [0.15, 0.2) is 78.9 Å². The number of carbonyl (C=O) groups is 2. The third-order valence-electron chi connectivity index (χ3n) is 7.52. The largest absolute Gasteiger partial charge is 0.497 e. The molecule has 2 amide bonds. The van der Waals surface area contributed by atoms with Crippen LogP contribution >= 0.6 is 23.8 Å². The Morgan fingerprint density at radius 3 is 2.27 bits per heavy atom. The van der Waals surface area contributed by atoms with Crippen molar-refractivity contribution in [2.45, 2.75) is 18.9 Å². The maximum atomic E-state index is 13.7. The fourth-order valence-corrected chi connectivity index (χ4v) is 5.85. The molecular formula is C31H34ClN5O3S. The topological polar surface area (TPSA) is 68.4 Å². The minimum Gasteiger partial charge on any atom is -0.497 e. The third kappa shape index (κ3) is 6.98. The van der Waals surface area contributed by atoms with E-state index in [2.05, 4.69) is 39.4 Å². The average Bonchev–Trinajstić information content (AvgIpc) is 3.22. The number of nitrogens with one attached hydrogen (secondary N) is 1. The minimum atomic E-state index is -0.689. The van der Waals surface area contributed by atoms with E-state index < -0.39 is 6.04 Å². The molecule has 0 radical (unpaired) electrons. The summed E-state index contributed by atoms with van der Waals surface area (Å²) >= 11 is 11.9. The van der Waals surface area contributed by atoms with E-state index in [0.29, 0.717) is 33.8 Å². The Kier molecular flexibility index (Phi) is 9.38. The predicted molar refractivity (Wildman–Crippen MR) is 168 cm³/mol. The molecule has 10 heteroatoms. The lowest BCUT2D eigenvalue weighted by molar-refractivity contribution is -0.124. The van der Waals surface area contributed by atoms with Crippen LogP contribution in [0, 0.1) is 0 Å². The zero-order chi connectivity index (χ0) is 28.8. The number of rotatable bonds is 10. The van der Waals surface area contributed by atoms with Gasteiger partial charge < -0.3 is 19.9 Å². The molecule has 5 rings (SSSR count). The summed E-state index contributed by atoms with van der Waals surface area (Å²) in [7, 11) is 1.59. The summed E-state index contributed by atoms with van der Waals surface area (Å²) in [6.45, 7) is 5.37. The summed E-state index contributed by atoms with van der Waals surface area (Å²) < 4.78 is 5.19. The number of halogens is 1. The molecule has 2 fully saturated rings. The van der Waals surface area contributed by atoms with Gasteiger partial charge in [0.05, 0.1) is 19.2 Å². The highest BCUT2D eigenvalue weighted by Gasteiger charge is 2.43. The summed E-state index contributed by atoms with van der Waals surface area (Å²) in [5.41, 5.74) is 2.54. The van der Waals surface area contributed by atoms with Crippen molar-refractivity contribution in [2.24, 2.45) is 0 Å². The monoisotopic (exact) mass is 591 g/mol. The number of anilines is 3. The molecule has 2 heterocycles. The van der Waals surface area contributed by atoms with Gasteiger partial charge in [-0.15, -0.1) is 0 Å². The quantitative estimate of drug-likeness (QED) is 0.337. The summed E-state index contributed by atoms with van der Waals surface area (Å²) in [5, 5.41) is 3.88. The second-order valence-electron chi connectivity index (χ2n) is 10.1. The predicted octanol–water partition coefficient (Wildman–Crippen LogP) is 4.89. The lowest BCUT2D eigenvalue weighted by Gasteiger charge is -2.36. The van der Waals surface area contributed by atoms with Crippen molar-refractivity contribution in [3.63, 3.8) is 0 Å². The van der Waals surface area contributed by atoms with Crippen molar-refractivity contribution < 1.29 is 14.3 Å². The fourth-order valence-electron chi connectivity index (χ4n) is 5.31. The normalized spacial score (nSPS) is 17.7.